The van der Waals surface area contributed by atoms with E-state index in [1.165, 1.54) is 45.2 Å². The summed E-state index contributed by atoms with van der Waals surface area (Å²) in [6, 6.07) is 6.79. The third-order valence-corrected chi connectivity index (χ3v) is 6.62. The highest BCUT2D eigenvalue weighted by Gasteiger charge is 2.36. The van der Waals surface area contributed by atoms with E-state index in [1.807, 2.05) is 0 Å². The molecule has 43 heavy (non-hydrogen) atoms. The summed E-state index contributed by atoms with van der Waals surface area (Å²) in [7, 11) is 1.42. The molecule has 0 unspecified atom stereocenters. The monoisotopic (exact) mass is 610 g/mol. The predicted molar refractivity (Wildman–Crippen MR) is 135 cm³/mol. The number of hydrogen-bond acceptors (Lipinski definition) is 5. The topological polar surface area (TPSA) is 86.3 Å². The molecule has 0 fully saturated rings. The maximum atomic E-state index is 14.2. The van der Waals surface area contributed by atoms with E-state index >= 15 is 0 Å². The van der Waals surface area contributed by atoms with E-state index in [1.54, 1.807) is 0 Å². The number of anilines is 1. The second-order valence-electron chi connectivity index (χ2n) is 9.25. The van der Waals surface area contributed by atoms with Gasteiger partial charge >= 0.3 is 6.18 Å². The molecule has 0 bridgehead atoms. The van der Waals surface area contributed by atoms with Gasteiger partial charge in [0.15, 0.2) is 34.6 Å². The Bertz CT molecular complexity index is 1870. The molecule has 1 N–H and O–H groups in total. The molecule has 3 aromatic heterocycles. The largest absolute Gasteiger partial charge is 0.497 e. The predicted octanol–water partition coefficient (Wildman–Crippen LogP) is 6.23. The van der Waals surface area contributed by atoms with Gasteiger partial charge in [-0.3, -0.25) is 9.48 Å². The molecule has 16 heteroatoms. The number of benzene rings is 2. The highest BCUT2D eigenvalue weighted by molar-refractivity contribution is 6.08. The van der Waals surface area contributed by atoms with E-state index in [2.05, 4.69) is 20.5 Å². The highest BCUT2D eigenvalue weighted by Crippen LogP contribution is 2.34. The molecule has 0 spiro atoms. The first kappa shape index (κ1) is 29.5. The number of fused-ring (bicyclic) bond motifs is 1. The average Bonchev–Trinajstić information content (AvgIpc) is 3.52. The van der Waals surface area contributed by atoms with Crippen LogP contribution in [0.1, 0.15) is 33.0 Å². The first-order chi connectivity index (χ1) is 20.2. The van der Waals surface area contributed by atoms with Gasteiger partial charge in [-0.15, -0.1) is 0 Å². The van der Waals surface area contributed by atoms with E-state index in [-0.39, 0.29) is 28.3 Å². The van der Waals surface area contributed by atoms with Gasteiger partial charge in [-0.1, -0.05) is 0 Å². The van der Waals surface area contributed by atoms with Crippen molar-refractivity contribution >= 4 is 17.2 Å². The van der Waals surface area contributed by atoms with Gasteiger partial charge in [-0.2, -0.15) is 23.4 Å². The van der Waals surface area contributed by atoms with Crippen LogP contribution in [-0.2, 0) is 12.7 Å². The number of nitrogens with one attached hydrogen (secondary N) is 1. The lowest BCUT2D eigenvalue weighted by Gasteiger charge is -2.12. The molecule has 0 aliphatic rings. The second kappa shape index (κ2) is 10.7. The zero-order chi connectivity index (χ0) is 31.4. The number of carbonyl (C=O) groups is 1. The zero-order valence-electron chi connectivity index (χ0n) is 22.2. The molecule has 8 nitrogen and oxygen atoms in total. The SMILES string of the molecule is COc1ccc(-c2cc(C(F)(F)F)n3ncc(C(=O)Nc4c(C)nn(Cc5c(F)c(F)c(F)c(F)c5F)c4C)c3n2)cc1. The number of rotatable bonds is 6. The number of amides is 1. The van der Waals surface area contributed by atoms with Crippen molar-refractivity contribution in [3.8, 4) is 17.0 Å². The summed E-state index contributed by atoms with van der Waals surface area (Å²) in [5.74, 6) is -11.2. The van der Waals surface area contributed by atoms with Gasteiger partial charge < -0.3 is 10.1 Å². The molecule has 5 rings (SSSR count). The number of halogens is 8. The Kier molecular flexibility index (Phi) is 7.31. The van der Waals surface area contributed by atoms with E-state index in [0.717, 1.165) is 16.9 Å². The summed E-state index contributed by atoms with van der Waals surface area (Å²) in [5.41, 5.74) is -2.85. The first-order valence-corrected chi connectivity index (χ1v) is 12.2. The van der Waals surface area contributed by atoms with Crippen molar-refractivity contribution in [3.63, 3.8) is 0 Å². The Balaban J connectivity index is 1.53. The summed E-state index contributed by atoms with van der Waals surface area (Å²) in [6.07, 6.45) is -3.99. The van der Waals surface area contributed by atoms with Gasteiger partial charge in [-0.05, 0) is 44.2 Å². The van der Waals surface area contributed by atoms with Crippen LogP contribution in [0.25, 0.3) is 16.9 Å². The minimum Gasteiger partial charge on any atom is -0.497 e. The number of methoxy groups -OCH3 is 1. The summed E-state index contributed by atoms with van der Waals surface area (Å²) in [5, 5.41) is 10.2. The van der Waals surface area contributed by atoms with Crippen LogP contribution in [-0.4, -0.2) is 37.4 Å². The number of aromatic nitrogens is 5. The molecule has 0 saturated carbocycles. The summed E-state index contributed by atoms with van der Waals surface area (Å²) in [6.45, 7) is 1.85. The van der Waals surface area contributed by atoms with E-state index in [4.69, 9.17) is 4.74 Å². The van der Waals surface area contributed by atoms with Crippen LogP contribution in [0.2, 0.25) is 0 Å². The Morgan fingerprint density at radius 3 is 2.14 bits per heavy atom. The van der Waals surface area contributed by atoms with Crippen LogP contribution in [0, 0.1) is 42.9 Å². The number of nitrogens with zero attached hydrogens (tertiary/aromatic N) is 5. The molecule has 0 radical (unpaired) electrons. The molecule has 0 aliphatic heterocycles. The first-order valence-electron chi connectivity index (χ1n) is 12.2. The number of alkyl halides is 3. The lowest BCUT2D eigenvalue weighted by molar-refractivity contribution is -0.142. The Hall–Kier alpha value is -5.02. The van der Waals surface area contributed by atoms with Crippen molar-refractivity contribution in [2.75, 3.05) is 12.4 Å². The maximum Gasteiger partial charge on any atom is 0.433 e. The third kappa shape index (κ3) is 5.12. The second-order valence-corrected chi connectivity index (χ2v) is 9.25. The van der Waals surface area contributed by atoms with Crippen LogP contribution in [0.3, 0.4) is 0 Å². The number of ether oxygens (including phenoxy) is 1. The molecule has 224 valence electrons. The quantitative estimate of drug-likeness (QED) is 0.140. The van der Waals surface area contributed by atoms with Crippen LogP contribution in [0.5, 0.6) is 5.75 Å². The molecule has 2 aromatic carbocycles. The van der Waals surface area contributed by atoms with Gasteiger partial charge in [-0.25, -0.2) is 31.5 Å². The van der Waals surface area contributed by atoms with Crippen molar-refractivity contribution in [2.45, 2.75) is 26.6 Å². The highest BCUT2D eigenvalue weighted by atomic mass is 19.4. The normalized spacial score (nSPS) is 11.8. The molecule has 5 aromatic rings. The van der Waals surface area contributed by atoms with E-state index in [9.17, 15) is 39.9 Å². The smallest absolute Gasteiger partial charge is 0.433 e. The molecule has 0 atom stereocenters. The van der Waals surface area contributed by atoms with E-state index in [0.29, 0.717) is 15.8 Å². The maximum absolute atomic E-state index is 14.2. The minimum absolute atomic E-state index is 0.0180. The van der Waals surface area contributed by atoms with Crippen LogP contribution >= 0.6 is 0 Å². The van der Waals surface area contributed by atoms with Gasteiger partial charge in [0.1, 0.15) is 11.3 Å². The van der Waals surface area contributed by atoms with E-state index < -0.39 is 64.6 Å². The van der Waals surface area contributed by atoms with Crippen LogP contribution < -0.4 is 10.1 Å². The van der Waals surface area contributed by atoms with Gasteiger partial charge in [0.25, 0.3) is 5.91 Å². The third-order valence-electron chi connectivity index (χ3n) is 6.62. The van der Waals surface area contributed by atoms with Gasteiger partial charge in [0.2, 0.25) is 5.82 Å². The summed E-state index contributed by atoms with van der Waals surface area (Å²) < 4.78 is 118. The molecule has 0 aliphatic carbocycles. The standard InChI is InChI=1S/C27H18F8N6O2/c1-11-24(12(2)40(39-11)10-16-19(28)21(30)23(32)22(31)20(16)29)38-26(42)15-9-36-41-18(27(33,34)35)8-17(37-25(15)41)13-4-6-14(43-3)7-5-13/h4-9H,10H2,1-3H3,(H,38,42). The fourth-order valence-corrected chi connectivity index (χ4v) is 4.39. The number of carbonyl (C=O) groups excluding carboxylic acids is 1. The van der Waals surface area contributed by atoms with Crippen molar-refractivity contribution in [1.29, 1.82) is 0 Å². The van der Waals surface area contributed by atoms with Crippen molar-refractivity contribution < 1.29 is 44.7 Å². The van der Waals surface area contributed by atoms with Crippen LogP contribution in [0.15, 0.2) is 36.5 Å². The van der Waals surface area contributed by atoms with Crippen molar-refractivity contribution in [2.24, 2.45) is 0 Å². The van der Waals surface area contributed by atoms with Crippen molar-refractivity contribution in [3.05, 3.63) is 93.8 Å². The molecule has 1 amide bonds. The minimum atomic E-state index is -4.87. The Morgan fingerprint density at radius 1 is 0.953 bits per heavy atom. The number of aryl methyl sites for hydroxylation is 1. The lowest BCUT2D eigenvalue weighted by atomic mass is 10.1. The molecule has 0 saturated heterocycles. The summed E-state index contributed by atoms with van der Waals surface area (Å²) in [4.78, 5) is 17.5. The number of hydrogen-bond donors (Lipinski definition) is 1. The zero-order valence-corrected chi connectivity index (χ0v) is 22.2. The van der Waals surface area contributed by atoms with Gasteiger partial charge in [0.05, 0.1) is 48.2 Å². The fourth-order valence-electron chi connectivity index (χ4n) is 4.39. The van der Waals surface area contributed by atoms with Gasteiger partial charge in [0, 0.05) is 5.56 Å². The molecule has 3 heterocycles. The lowest BCUT2D eigenvalue weighted by Crippen LogP contribution is -2.16. The Morgan fingerprint density at radius 2 is 1.56 bits per heavy atom. The Labute approximate surface area is 236 Å². The molecular weight excluding hydrogens is 592 g/mol. The fraction of sp³-hybridized carbons (Fsp3) is 0.185. The summed E-state index contributed by atoms with van der Waals surface area (Å²) >= 11 is 0. The molecular formula is C27H18F8N6O2. The van der Waals surface area contributed by atoms with Crippen LogP contribution in [0.4, 0.5) is 40.8 Å². The van der Waals surface area contributed by atoms with Crippen molar-refractivity contribution in [1.82, 2.24) is 24.4 Å². The average molecular weight is 610 g/mol.